The van der Waals surface area contributed by atoms with Gasteiger partial charge in [0.15, 0.2) is 0 Å². The maximum Gasteiger partial charge on any atom is 0.306 e. The first-order valence-corrected chi connectivity index (χ1v) is 8.94. The molecule has 5 heteroatoms. The van der Waals surface area contributed by atoms with E-state index >= 15 is 0 Å². The first-order valence-electron chi connectivity index (χ1n) is 7.42. The summed E-state index contributed by atoms with van der Waals surface area (Å²) in [5.41, 5.74) is -0.957. The molecule has 1 fully saturated rings. The largest absolute Gasteiger partial charge is 0.462 e. The SMILES string of the molecule is CC1(C)CC(OC(=O)CCCCCI)CC(C)(C)N1[O]. The van der Waals surface area contributed by atoms with E-state index in [0.717, 1.165) is 28.8 Å². The molecule has 0 aromatic carbocycles. The highest BCUT2D eigenvalue weighted by molar-refractivity contribution is 14.1. The summed E-state index contributed by atoms with van der Waals surface area (Å²) in [7, 11) is 0. The van der Waals surface area contributed by atoms with Gasteiger partial charge in [0.25, 0.3) is 0 Å². The fourth-order valence-electron chi connectivity index (χ4n) is 3.04. The van der Waals surface area contributed by atoms with Gasteiger partial charge < -0.3 is 4.74 Å². The minimum Gasteiger partial charge on any atom is -0.462 e. The van der Waals surface area contributed by atoms with Crippen molar-refractivity contribution in [3.63, 3.8) is 0 Å². The maximum atomic E-state index is 12.2. The van der Waals surface area contributed by atoms with Gasteiger partial charge in [-0.1, -0.05) is 29.0 Å². The van der Waals surface area contributed by atoms with Crippen molar-refractivity contribution in [1.29, 1.82) is 0 Å². The van der Waals surface area contributed by atoms with E-state index in [1.54, 1.807) is 0 Å². The summed E-state index contributed by atoms with van der Waals surface area (Å²) in [6.07, 6.45) is 4.71. The number of piperidine rings is 1. The molecule has 1 aliphatic rings. The van der Waals surface area contributed by atoms with Crippen LogP contribution in [0.2, 0.25) is 0 Å². The highest BCUT2D eigenvalue weighted by Crippen LogP contribution is 2.38. The van der Waals surface area contributed by atoms with E-state index in [4.69, 9.17) is 4.74 Å². The number of alkyl halides is 1. The van der Waals surface area contributed by atoms with Gasteiger partial charge in [0, 0.05) is 30.3 Å². The Bertz CT molecular complexity index is 313. The lowest BCUT2D eigenvalue weighted by atomic mass is 9.80. The fraction of sp³-hybridized carbons (Fsp3) is 0.933. The molecule has 0 bridgehead atoms. The van der Waals surface area contributed by atoms with Gasteiger partial charge in [-0.3, -0.25) is 4.79 Å². The van der Waals surface area contributed by atoms with Crippen molar-refractivity contribution in [1.82, 2.24) is 5.06 Å². The summed E-state index contributed by atoms with van der Waals surface area (Å²) in [4.78, 5) is 11.9. The zero-order valence-corrected chi connectivity index (χ0v) is 15.2. The van der Waals surface area contributed by atoms with E-state index in [0.29, 0.717) is 19.3 Å². The van der Waals surface area contributed by atoms with Gasteiger partial charge in [0.1, 0.15) is 6.10 Å². The minimum absolute atomic E-state index is 0.116. The van der Waals surface area contributed by atoms with Crippen LogP contribution >= 0.6 is 22.6 Å². The molecule has 0 aromatic heterocycles. The van der Waals surface area contributed by atoms with Crippen LogP contribution < -0.4 is 0 Å². The molecule has 1 saturated heterocycles. The summed E-state index contributed by atoms with van der Waals surface area (Å²) < 4.78 is 6.72. The molecule has 4 nitrogen and oxygen atoms in total. The van der Waals surface area contributed by atoms with Gasteiger partial charge in [-0.05, 0) is 45.0 Å². The van der Waals surface area contributed by atoms with Gasteiger partial charge in [-0.15, -0.1) is 10.3 Å². The molecule has 1 aliphatic heterocycles. The quantitative estimate of drug-likeness (QED) is 0.296. The molecule has 0 atom stereocenters. The fourth-order valence-corrected chi connectivity index (χ4v) is 3.58. The number of carbonyl (C=O) groups is 1. The smallest absolute Gasteiger partial charge is 0.306 e. The molecule has 0 saturated carbocycles. The molecule has 0 amide bonds. The molecule has 0 spiro atoms. The third-order valence-electron chi connectivity index (χ3n) is 3.87. The highest BCUT2D eigenvalue weighted by Gasteiger charge is 2.47. The number of rotatable bonds is 6. The first-order chi connectivity index (χ1) is 9.19. The predicted octanol–water partition coefficient (Wildman–Crippen LogP) is 3.89. The second-order valence-corrected chi connectivity index (χ2v) is 8.02. The molecular weight excluding hydrogens is 369 g/mol. The lowest BCUT2D eigenvalue weighted by Gasteiger charge is -2.49. The summed E-state index contributed by atoms with van der Waals surface area (Å²) in [5, 5.41) is 13.4. The molecule has 1 heterocycles. The summed E-state index contributed by atoms with van der Waals surface area (Å²) in [6.45, 7) is 7.68. The molecule has 0 aliphatic carbocycles. The molecule has 117 valence electrons. The zero-order valence-electron chi connectivity index (χ0n) is 13.1. The Morgan fingerprint density at radius 1 is 1.15 bits per heavy atom. The molecule has 1 rings (SSSR count). The van der Waals surface area contributed by atoms with Crippen molar-refractivity contribution < 1.29 is 14.7 Å². The van der Waals surface area contributed by atoms with E-state index in [-0.39, 0.29) is 12.1 Å². The molecule has 0 aromatic rings. The van der Waals surface area contributed by atoms with E-state index in [9.17, 15) is 10.0 Å². The number of hydrogen-bond acceptors (Lipinski definition) is 3. The van der Waals surface area contributed by atoms with Crippen LogP contribution in [0.1, 0.15) is 66.2 Å². The van der Waals surface area contributed by atoms with E-state index in [2.05, 4.69) is 22.6 Å². The maximum absolute atomic E-state index is 12.2. The predicted molar refractivity (Wildman–Crippen MR) is 87.2 cm³/mol. The lowest BCUT2D eigenvalue weighted by Crippen LogP contribution is -2.60. The van der Waals surface area contributed by atoms with Crippen LogP contribution in [0.5, 0.6) is 0 Å². The van der Waals surface area contributed by atoms with Gasteiger partial charge in [-0.25, -0.2) is 0 Å². The Balaban J connectivity index is 2.46. The van der Waals surface area contributed by atoms with Crippen LogP contribution in [0.15, 0.2) is 0 Å². The topological polar surface area (TPSA) is 49.4 Å². The van der Waals surface area contributed by atoms with Gasteiger partial charge >= 0.3 is 5.97 Å². The molecule has 0 unspecified atom stereocenters. The Morgan fingerprint density at radius 2 is 1.70 bits per heavy atom. The molecule has 0 N–H and O–H groups in total. The summed E-state index contributed by atoms with van der Waals surface area (Å²) in [5.74, 6) is -0.116. The van der Waals surface area contributed by atoms with Crippen LogP contribution in [0.25, 0.3) is 0 Å². The van der Waals surface area contributed by atoms with Crippen molar-refractivity contribution >= 4 is 28.6 Å². The number of unbranched alkanes of at least 4 members (excludes halogenated alkanes) is 2. The van der Waals surface area contributed by atoms with Crippen molar-refractivity contribution in [2.75, 3.05) is 4.43 Å². The summed E-state index contributed by atoms with van der Waals surface area (Å²) >= 11 is 2.35. The second-order valence-electron chi connectivity index (χ2n) is 6.94. The number of hydrogen-bond donors (Lipinski definition) is 0. The Labute approximate surface area is 136 Å². The standard InChI is InChI=1S/C15H27INO3/c1-14(2)10-12(11-15(3,4)17(14)19)20-13(18)8-6-5-7-9-16/h12H,5-11H2,1-4H3. The van der Waals surface area contributed by atoms with Crippen LogP contribution in [0.4, 0.5) is 0 Å². The van der Waals surface area contributed by atoms with E-state index < -0.39 is 11.1 Å². The molecule has 1 radical (unpaired) electrons. The minimum atomic E-state index is -0.478. The number of ether oxygens (including phenoxy) is 1. The van der Waals surface area contributed by atoms with Crippen molar-refractivity contribution in [2.45, 2.75) is 83.4 Å². The number of esters is 1. The van der Waals surface area contributed by atoms with Crippen molar-refractivity contribution in [3.8, 4) is 0 Å². The second kappa shape index (κ2) is 7.40. The van der Waals surface area contributed by atoms with Crippen LogP contribution in [0.3, 0.4) is 0 Å². The monoisotopic (exact) mass is 396 g/mol. The first kappa shape index (κ1) is 18.2. The average molecular weight is 396 g/mol. The molecular formula is C15H27INO3. The van der Waals surface area contributed by atoms with Crippen LogP contribution in [-0.4, -0.2) is 32.6 Å². The van der Waals surface area contributed by atoms with Crippen LogP contribution in [0, 0.1) is 0 Å². The summed E-state index contributed by atoms with van der Waals surface area (Å²) in [6, 6.07) is 0. The molecule has 20 heavy (non-hydrogen) atoms. The normalized spacial score (nSPS) is 22.7. The van der Waals surface area contributed by atoms with Gasteiger partial charge in [0.2, 0.25) is 0 Å². The van der Waals surface area contributed by atoms with Gasteiger partial charge in [-0.2, -0.15) is 0 Å². The van der Waals surface area contributed by atoms with Crippen LogP contribution in [-0.2, 0) is 14.7 Å². The van der Waals surface area contributed by atoms with E-state index in [1.807, 2.05) is 27.7 Å². The third kappa shape index (κ3) is 5.15. The third-order valence-corrected chi connectivity index (χ3v) is 4.63. The zero-order chi connectivity index (χ0) is 15.4. The Hall–Kier alpha value is 0.120. The lowest BCUT2D eigenvalue weighted by molar-refractivity contribution is -0.299. The Kier molecular flexibility index (Phi) is 6.73. The van der Waals surface area contributed by atoms with Crippen molar-refractivity contribution in [3.05, 3.63) is 0 Å². The number of hydroxylamine groups is 2. The number of carbonyl (C=O) groups excluding carboxylic acids is 1. The number of nitrogens with zero attached hydrogens (tertiary/aromatic N) is 1. The average Bonchev–Trinajstić information content (AvgIpc) is 2.31. The number of halogens is 1. The van der Waals surface area contributed by atoms with E-state index in [1.165, 1.54) is 0 Å². The van der Waals surface area contributed by atoms with Gasteiger partial charge in [0.05, 0.1) is 0 Å². The highest BCUT2D eigenvalue weighted by atomic mass is 127. The Morgan fingerprint density at radius 3 is 2.20 bits per heavy atom. The van der Waals surface area contributed by atoms with Crippen molar-refractivity contribution in [2.24, 2.45) is 0 Å².